The molecule has 2 amide bonds. The summed E-state index contributed by atoms with van der Waals surface area (Å²) in [6, 6.07) is 7.50. The van der Waals surface area contributed by atoms with Crippen LogP contribution in [0, 0.1) is 0 Å². The molecular formula is C16H23ClN2O3. The summed E-state index contributed by atoms with van der Waals surface area (Å²) in [7, 11) is 0. The van der Waals surface area contributed by atoms with Crippen LogP contribution in [0.4, 0.5) is 4.79 Å². The Morgan fingerprint density at radius 2 is 2.32 bits per heavy atom. The van der Waals surface area contributed by atoms with Crippen LogP contribution in [-0.4, -0.2) is 48.4 Å². The number of hydrogen-bond donors (Lipinski definition) is 2. The number of amides is 2. The Bertz CT molecular complexity index is 498. The standard InChI is InChI=1S/C16H23ClN2O3/c1-12(5-4-9-20)18-16(21)19-8-10-22-15(11-19)13-6-2-3-7-14(13)17/h2-3,6-7,12,15,20H,4-5,8-11H2,1H3,(H,18,21). The average Bonchev–Trinajstić information content (AvgIpc) is 2.53. The number of carbonyl (C=O) groups excluding carboxylic acids is 1. The zero-order valence-electron chi connectivity index (χ0n) is 12.8. The molecule has 5 nitrogen and oxygen atoms in total. The van der Waals surface area contributed by atoms with E-state index in [1.165, 1.54) is 0 Å². The van der Waals surface area contributed by atoms with E-state index in [1.807, 2.05) is 31.2 Å². The van der Waals surface area contributed by atoms with Crippen molar-refractivity contribution in [2.75, 3.05) is 26.3 Å². The van der Waals surface area contributed by atoms with Gasteiger partial charge in [-0.15, -0.1) is 0 Å². The molecule has 1 aromatic rings. The number of aliphatic hydroxyl groups excluding tert-OH is 1. The lowest BCUT2D eigenvalue weighted by Gasteiger charge is -2.34. The molecule has 0 radical (unpaired) electrons. The SMILES string of the molecule is CC(CCCO)NC(=O)N1CCOC(c2ccccc2Cl)C1. The second-order valence-corrected chi connectivity index (χ2v) is 5.95. The highest BCUT2D eigenvalue weighted by atomic mass is 35.5. The Balaban J connectivity index is 1.93. The van der Waals surface area contributed by atoms with Gasteiger partial charge in [0.1, 0.15) is 6.10 Å². The highest BCUT2D eigenvalue weighted by molar-refractivity contribution is 6.31. The summed E-state index contributed by atoms with van der Waals surface area (Å²) in [5, 5.41) is 12.4. The number of halogens is 1. The third-order valence-electron chi connectivity index (χ3n) is 3.77. The maximum Gasteiger partial charge on any atom is 0.317 e. The number of nitrogens with one attached hydrogen (secondary N) is 1. The lowest BCUT2D eigenvalue weighted by Crippen LogP contribution is -2.49. The third-order valence-corrected chi connectivity index (χ3v) is 4.12. The van der Waals surface area contributed by atoms with Gasteiger partial charge >= 0.3 is 6.03 Å². The molecule has 0 aromatic heterocycles. The molecule has 1 heterocycles. The molecule has 2 atom stereocenters. The number of ether oxygens (including phenoxy) is 1. The van der Waals surface area contributed by atoms with Crippen molar-refractivity contribution < 1.29 is 14.6 Å². The molecule has 2 unspecified atom stereocenters. The second kappa shape index (κ2) is 8.36. The van der Waals surface area contributed by atoms with E-state index in [0.717, 1.165) is 12.0 Å². The molecule has 0 bridgehead atoms. The van der Waals surface area contributed by atoms with Gasteiger partial charge < -0.3 is 20.1 Å². The molecule has 22 heavy (non-hydrogen) atoms. The van der Waals surface area contributed by atoms with Crippen LogP contribution in [0.2, 0.25) is 5.02 Å². The molecule has 1 aromatic carbocycles. The van der Waals surface area contributed by atoms with Crippen molar-refractivity contribution in [3.05, 3.63) is 34.9 Å². The highest BCUT2D eigenvalue weighted by Gasteiger charge is 2.27. The molecule has 2 rings (SSSR count). The molecule has 0 aliphatic carbocycles. The number of carbonyl (C=O) groups is 1. The quantitative estimate of drug-likeness (QED) is 0.874. The summed E-state index contributed by atoms with van der Waals surface area (Å²) in [5.74, 6) is 0. The summed E-state index contributed by atoms with van der Waals surface area (Å²) < 4.78 is 5.76. The zero-order chi connectivity index (χ0) is 15.9. The topological polar surface area (TPSA) is 61.8 Å². The van der Waals surface area contributed by atoms with Gasteiger partial charge in [-0.1, -0.05) is 29.8 Å². The Labute approximate surface area is 136 Å². The minimum absolute atomic E-state index is 0.0428. The van der Waals surface area contributed by atoms with Crippen LogP contribution in [0.25, 0.3) is 0 Å². The van der Waals surface area contributed by atoms with Crippen LogP contribution in [0.3, 0.4) is 0 Å². The molecule has 1 saturated heterocycles. The van der Waals surface area contributed by atoms with E-state index in [-0.39, 0.29) is 24.8 Å². The monoisotopic (exact) mass is 326 g/mol. The van der Waals surface area contributed by atoms with Crippen molar-refractivity contribution in [3.8, 4) is 0 Å². The fourth-order valence-electron chi connectivity index (χ4n) is 2.53. The first-order valence-electron chi connectivity index (χ1n) is 7.64. The highest BCUT2D eigenvalue weighted by Crippen LogP contribution is 2.28. The van der Waals surface area contributed by atoms with Crippen LogP contribution in [-0.2, 0) is 4.74 Å². The number of hydrogen-bond acceptors (Lipinski definition) is 3. The molecule has 122 valence electrons. The van der Waals surface area contributed by atoms with Gasteiger partial charge in [-0.05, 0) is 25.8 Å². The summed E-state index contributed by atoms with van der Waals surface area (Å²) in [5.41, 5.74) is 0.912. The first-order valence-corrected chi connectivity index (χ1v) is 8.02. The molecule has 0 saturated carbocycles. The van der Waals surface area contributed by atoms with Crippen molar-refractivity contribution in [2.24, 2.45) is 0 Å². The second-order valence-electron chi connectivity index (χ2n) is 5.54. The predicted octanol–water partition coefficient (Wildman–Crippen LogP) is 2.58. The first-order chi connectivity index (χ1) is 10.6. The minimum atomic E-state index is -0.194. The fraction of sp³-hybridized carbons (Fsp3) is 0.562. The third kappa shape index (κ3) is 4.60. The fourth-order valence-corrected chi connectivity index (χ4v) is 2.79. The number of morpholine rings is 1. The molecule has 0 spiro atoms. The number of benzene rings is 1. The normalized spacial score (nSPS) is 19.8. The van der Waals surface area contributed by atoms with Gasteiger partial charge in [-0.2, -0.15) is 0 Å². The van der Waals surface area contributed by atoms with Gasteiger partial charge in [0.15, 0.2) is 0 Å². The Hall–Kier alpha value is -1.30. The lowest BCUT2D eigenvalue weighted by molar-refractivity contribution is -0.0157. The summed E-state index contributed by atoms with van der Waals surface area (Å²) in [4.78, 5) is 14.1. The Kier molecular flexibility index (Phi) is 6.49. The predicted molar refractivity (Wildman–Crippen MR) is 86.0 cm³/mol. The molecule has 2 N–H and O–H groups in total. The van der Waals surface area contributed by atoms with E-state index in [2.05, 4.69) is 5.32 Å². The summed E-state index contributed by atoms with van der Waals surface area (Å²) >= 11 is 6.20. The maximum absolute atomic E-state index is 12.3. The van der Waals surface area contributed by atoms with E-state index in [4.69, 9.17) is 21.4 Å². The number of aliphatic hydroxyl groups is 1. The molecular weight excluding hydrogens is 304 g/mol. The van der Waals surface area contributed by atoms with Crippen molar-refractivity contribution >= 4 is 17.6 Å². The smallest absolute Gasteiger partial charge is 0.317 e. The van der Waals surface area contributed by atoms with Crippen molar-refractivity contribution in [1.82, 2.24) is 10.2 Å². The van der Waals surface area contributed by atoms with Gasteiger partial charge in [-0.3, -0.25) is 0 Å². The van der Waals surface area contributed by atoms with Crippen LogP contribution >= 0.6 is 11.6 Å². The van der Waals surface area contributed by atoms with E-state index in [1.54, 1.807) is 4.90 Å². The average molecular weight is 327 g/mol. The van der Waals surface area contributed by atoms with E-state index < -0.39 is 0 Å². The van der Waals surface area contributed by atoms with E-state index in [9.17, 15) is 4.79 Å². The molecule has 1 aliphatic heterocycles. The largest absolute Gasteiger partial charge is 0.396 e. The van der Waals surface area contributed by atoms with E-state index >= 15 is 0 Å². The van der Waals surface area contributed by atoms with Crippen molar-refractivity contribution in [2.45, 2.75) is 31.9 Å². The van der Waals surface area contributed by atoms with Crippen LogP contribution in [0.1, 0.15) is 31.4 Å². The van der Waals surface area contributed by atoms with Crippen molar-refractivity contribution in [1.29, 1.82) is 0 Å². The molecule has 6 heteroatoms. The number of urea groups is 1. The van der Waals surface area contributed by atoms with Gasteiger partial charge in [0.05, 0.1) is 13.2 Å². The molecule has 1 aliphatic rings. The summed E-state index contributed by atoms with van der Waals surface area (Å²) in [6.07, 6.45) is 1.26. The van der Waals surface area contributed by atoms with Crippen LogP contribution < -0.4 is 5.32 Å². The lowest BCUT2D eigenvalue weighted by atomic mass is 10.1. The van der Waals surface area contributed by atoms with Crippen molar-refractivity contribution in [3.63, 3.8) is 0 Å². The first kappa shape index (κ1) is 17.1. The van der Waals surface area contributed by atoms with E-state index in [0.29, 0.717) is 31.1 Å². The zero-order valence-corrected chi connectivity index (χ0v) is 13.6. The summed E-state index contributed by atoms with van der Waals surface area (Å²) in [6.45, 7) is 3.64. The number of rotatable bonds is 5. The Morgan fingerprint density at radius 1 is 1.55 bits per heavy atom. The van der Waals surface area contributed by atoms with Gasteiger partial charge in [-0.25, -0.2) is 4.79 Å². The van der Waals surface area contributed by atoms with Gasteiger partial charge in [0.2, 0.25) is 0 Å². The van der Waals surface area contributed by atoms with Crippen LogP contribution in [0.15, 0.2) is 24.3 Å². The number of nitrogens with zero attached hydrogens (tertiary/aromatic N) is 1. The Morgan fingerprint density at radius 3 is 3.05 bits per heavy atom. The van der Waals surface area contributed by atoms with Gasteiger partial charge in [0.25, 0.3) is 0 Å². The van der Waals surface area contributed by atoms with Crippen LogP contribution in [0.5, 0.6) is 0 Å². The minimum Gasteiger partial charge on any atom is -0.396 e. The van der Waals surface area contributed by atoms with Gasteiger partial charge in [0, 0.05) is 29.8 Å². The molecule has 1 fully saturated rings. The maximum atomic E-state index is 12.3.